The Hall–Kier alpha value is -5.83. The van der Waals surface area contributed by atoms with Gasteiger partial charge < -0.3 is 19.1 Å². The Morgan fingerprint density at radius 2 is 0.730 bits per heavy atom. The topological polar surface area (TPSA) is 20.6 Å². The molecule has 11 rings (SSSR count). The Bertz CT molecular complexity index is 2970. The van der Waals surface area contributed by atoms with E-state index in [0.717, 1.165) is 28.6 Å². The SMILES string of the molecule is CC(C)(C)c1ccc(N2c3cc(C(C)(C)C)cc4c3P3c5c(cc(C(C)(C)C)cc5N(c5ccc(C(C)(C)C)cc5)c5cc(-n6c7ccccc7c7ccccc76)cc2c53)O4)cc1. The number of nitrogens with zero attached hydrogens (tertiary/aromatic N) is 3. The van der Waals surface area contributed by atoms with E-state index in [1.165, 1.54) is 82.7 Å². The summed E-state index contributed by atoms with van der Waals surface area (Å²) in [4.78, 5) is 5.14. The number of anilines is 6. The average Bonchev–Trinajstić information content (AvgIpc) is 3.56. The van der Waals surface area contributed by atoms with Crippen molar-refractivity contribution in [1.82, 2.24) is 4.57 Å². The summed E-state index contributed by atoms with van der Waals surface area (Å²) in [6.07, 6.45) is 0. The number of rotatable bonds is 3. The molecule has 63 heavy (non-hydrogen) atoms. The number of fused-ring (bicyclic) bond motifs is 3. The standard InChI is InChI=1S/C58H58N3OP/c1-55(2,3)35-21-25-39(26-22-35)59-46-29-37(57(7,8)9)31-50-53(46)63-52-48(59)33-41(61-44-19-15-13-17-42(44)43-18-14-16-20-45(43)61)34-49(52)60(40-27-23-36(24-28-40)56(4,5)6)47-30-38(58(10,11)12)32-51(62-50)54(47)63/h13-34H,1-12H3. The van der Waals surface area contributed by atoms with Gasteiger partial charge in [-0.2, -0.15) is 0 Å². The number of hydrogen-bond acceptors (Lipinski definition) is 3. The first-order valence-electron chi connectivity index (χ1n) is 22.6. The molecule has 1 aromatic heterocycles. The summed E-state index contributed by atoms with van der Waals surface area (Å²) in [6.45, 7) is 27.7. The first kappa shape index (κ1) is 40.0. The molecule has 5 heteroatoms. The van der Waals surface area contributed by atoms with Crippen molar-refractivity contribution >= 4 is 79.8 Å². The third-order valence-corrected chi connectivity index (χ3v) is 16.3. The van der Waals surface area contributed by atoms with Crippen LogP contribution in [0.25, 0.3) is 27.5 Å². The quantitative estimate of drug-likeness (QED) is 0.165. The van der Waals surface area contributed by atoms with E-state index in [4.69, 9.17) is 4.74 Å². The zero-order chi connectivity index (χ0) is 44.1. The van der Waals surface area contributed by atoms with Gasteiger partial charge in [0.2, 0.25) is 0 Å². The maximum absolute atomic E-state index is 7.35. The van der Waals surface area contributed by atoms with Crippen LogP contribution in [0.5, 0.6) is 11.5 Å². The summed E-state index contributed by atoms with van der Waals surface area (Å²) >= 11 is 0. The summed E-state index contributed by atoms with van der Waals surface area (Å²) in [5.74, 6) is 1.96. The minimum atomic E-state index is -1.04. The second kappa shape index (κ2) is 13.3. The molecule has 0 fully saturated rings. The molecule has 0 spiro atoms. The zero-order valence-corrected chi connectivity index (χ0v) is 39.8. The van der Waals surface area contributed by atoms with Crippen LogP contribution in [0.2, 0.25) is 0 Å². The Labute approximate surface area is 374 Å². The highest BCUT2D eigenvalue weighted by Gasteiger charge is 2.48. The molecule has 0 bridgehead atoms. The third kappa shape index (κ3) is 6.12. The van der Waals surface area contributed by atoms with Crippen LogP contribution in [0.3, 0.4) is 0 Å². The Balaban J connectivity index is 1.31. The van der Waals surface area contributed by atoms with Crippen molar-refractivity contribution in [2.75, 3.05) is 9.80 Å². The summed E-state index contributed by atoms with van der Waals surface area (Å²) in [5, 5.41) is 6.49. The molecular formula is C58H58N3OP. The normalized spacial score (nSPS) is 14.7. The van der Waals surface area contributed by atoms with Crippen molar-refractivity contribution < 1.29 is 4.74 Å². The molecule has 8 aromatic rings. The Morgan fingerprint density at radius 1 is 0.365 bits per heavy atom. The van der Waals surface area contributed by atoms with Crippen LogP contribution in [-0.2, 0) is 21.7 Å². The van der Waals surface area contributed by atoms with Crippen LogP contribution in [0.1, 0.15) is 105 Å². The molecule has 0 saturated heterocycles. The van der Waals surface area contributed by atoms with E-state index < -0.39 is 7.92 Å². The van der Waals surface area contributed by atoms with E-state index in [-0.39, 0.29) is 21.7 Å². The minimum absolute atomic E-state index is 0.0264. The molecule has 0 amide bonds. The van der Waals surface area contributed by atoms with E-state index in [2.05, 4.69) is 231 Å². The number of para-hydroxylation sites is 2. The largest absolute Gasteiger partial charge is 0.456 e. The number of aromatic nitrogens is 1. The zero-order valence-electron chi connectivity index (χ0n) is 38.9. The van der Waals surface area contributed by atoms with Gasteiger partial charge in [-0.15, -0.1) is 0 Å². The third-order valence-electron chi connectivity index (χ3n) is 13.6. The van der Waals surface area contributed by atoms with Crippen LogP contribution < -0.4 is 30.5 Å². The van der Waals surface area contributed by atoms with Gasteiger partial charge in [0.25, 0.3) is 0 Å². The molecule has 3 aliphatic heterocycles. The first-order chi connectivity index (χ1) is 29.8. The molecular weight excluding hydrogens is 786 g/mol. The van der Waals surface area contributed by atoms with E-state index in [0.29, 0.717) is 0 Å². The van der Waals surface area contributed by atoms with Crippen molar-refractivity contribution in [3.8, 4) is 17.2 Å². The van der Waals surface area contributed by atoms with Crippen molar-refractivity contribution in [3.63, 3.8) is 0 Å². The Morgan fingerprint density at radius 3 is 1.11 bits per heavy atom. The van der Waals surface area contributed by atoms with Crippen molar-refractivity contribution in [2.24, 2.45) is 0 Å². The summed E-state index contributed by atoms with van der Waals surface area (Å²) < 4.78 is 9.85. The van der Waals surface area contributed by atoms with Crippen molar-refractivity contribution in [2.45, 2.75) is 105 Å². The molecule has 4 nitrogen and oxygen atoms in total. The summed E-state index contributed by atoms with van der Waals surface area (Å²) in [5.41, 5.74) is 15.7. The fourth-order valence-corrected chi connectivity index (χ4v) is 12.9. The predicted molar refractivity (Wildman–Crippen MR) is 271 cm³/mol. The van der Waals surface area contributed by atoms with Crippen LogP contribution >= 0.6 is 7.92 Å². The molecule has 316 valence electrons. The van der Waals surface area contributed by atoms with Gasteiger partial charge in [0.1, 0.15) is 11.5 Å². The van der Waals surface area contributed by atoms with E-state index in [1.807, 2.05) is 0 Å². The van der Waals surface area contributed by atoms with Crippen molar-refractivity contribution in [3.05, 3.63) is 156 Å². The number of benzene rings is 7. The van der Waals surface area contributed by atoms with E-state index in [9.17, 15) is 0 Å². The molecule has 3 aliphatic rings. The lowest BCUT2D eigenvalue weighted by Gasteiger charge is -2.48. The van der Waals surface area contributed by atoms with E-state index in [1.54, 1.807) is 0 Å². The lowest BCUT2D eigenvalue weighted by Crippen LogP contribution is -2.43. The molecule has 0 atom stereocenters. The van der Waals surface area contributed by atoms with E-state index >= 15 is 0 Å². The number of ether oxygens (including phenoxy) is 1. The fraction of sp³-hybridized carbons (Fsp3) is 0.276. The summed E-state index contributed by atoms with van der Waals surface area (Å²) in [7, 11) is -1.04. The summed E-state index contributed by atoms with van der Waals surface area (Å²) in [6, 6.07) is 51.1. The van der Waals surface area contributed by atoms with Crippen LogP contribution in [0.15, 0.2) is 133 Å². The van der Waals surface area contributed by atoms with Gasteiger partial charge >= 0.3 is 0 Å². The lowest BCUT2D eigenvalue weighted by molar-refractivity contribution is 0.480. The molecule has 0 unspecified atom stereocenters. The second-order valence-electron chi connectivity index (χ2n) is 22.1. The highest BCUT2D eigenvalue weighted by atomic mass is 31.1. The van der Waals surface area contributed by atoms with Gasteiger partial charge in [-0.05, 0) is 117 Å². The molecule has 0 radical (unpaired) electrons. The highest BCUT2D eigenvalue weighted by molar-refractivity contribution is 7.81. The van der Waals surface area contributed by atoms with Crippen LogP contribution in [0.4, 0.5) is 34.1 Å². The second-order valence-corrected chi connectivity index (χ2v) is 24.1. The van der Waals surface area contributed by atoms with Gasteiger partial charge in [0, 0.05) is 35.4 Å². The van der Waals surface area contributed by atoms with Crippen molar-refractivity contribution in [1.29, 1.82) is 0 Å². The molecule has 0 saturated carbocycles. The van der Waals surface area contributed by atoms with Gasteiger partial charge in [0.15, 0.2) is 0 Å². The average molecular weight is 844 g/mol. The van der Waals surface area contributed by atoms with Gasteiger partial charge in [0.05, 0.1) is 50.1 Å². The smallest absolute Gasteiger partial charge is 0.138 e. The molecule has 4 heterocycles. The first-order valence-corrected chi connectivity index (χ1v) is 23.9. The van der Waals surface area contributed by atoms with Crippen LogP contribution in [-0.4, -0.2) is 4.57 Å². The molecule has 7 aromatic carbocycles. The molecule has 0 N–H and O–H groups in total. The maximum Gasteiger partial charge on any atom is 0.138 e. The Kier molecular flexibility index (Phi) is 8.47. The van der Waals surface area contributed by atoms with Gasteiger partial charge in [-0.1, -0.05) is 144 Å². The fourth-order valence-electron chi connectivity index (χ4n) is 9.98. The predicted octanol–water partition coefficient (Wildman–Crippen LogP) is 15.4. The molecule has 0 aliphatic carbocycles. The maximum atomic E-state index is 7.35. The minimum Gasteiger partial charge on any atom is -0.456 e. The lowest BCUT2D eigenvalue weighted by atomic mass is 9.85. The van der Waals surface area contributed by atoms with Gasteiger partial charge in [-0.25, -0.2) is 0 Å². The van der Waals surface area contributed by atoms with Crippen LogP contribution in [0, 0.1) is 0 Å². The monoisotopic (exact) mass is 843 g/mol. The van der Waals surface area contributed by atoms with Gasteiger partial charge in [-0.3, -0.25) is 0 Å². The highest BCUT2D eigenvalue weighted by Crippen LogP contribution is 2.63. The number of hydrogen-bond donors (Lipinski definition) is 0.